The fraction of sp³-hybridized carbons (Fsp3) is 0.154. The van der Waals surface area contributed by atoms with Gasteiger partial charge in [-0.2, -0.15) is 0 Å². The van der Waals surface area contributed by atoms with Gasteiger partial charge in [0, 0.05) is 45.5 Å². The zero-order chi connectivity index (χ0) is 26.3. The van der Waals surface area contributed by atoms with E-state index >= 15 is 0 Å². The molecule has 0 radical (unpaired) electrons. The number of carbonyl (C=O) groups is 1. The normalized spacial score (nSPS) is 11.2. The van der Waals surface area contributed by atoms with Crippen molar-refractivity contribution in [1.29, 1.82) is 0 Å². The van der Waals surface area contributed by atoms with E-state index < -0.39 is 10.0 Å². The average molecular weight is 604 g/mol. The van der Waals surface area contributed by atoms with Crippen LogP contribution >= 0.6 is 27.5 Å². The van der Waals surface area contributed by atoms with Gasteiger partial charge in [-0.3, -0.25) is 14.5 Å². The van der Waals surface area contributed by atoms with E-state index in [1.54, 1.807) is 30.5 Å². The molecule has 8 nitrogen and oxygen atoms in total. The lowest BCUT2D eigenvalue weighted by Gasteiger charge is -2.11. The van der Waals surface area contributed by atoms with Crippen molar-refractivity contribution in [1.82, 2.24) is 10.3 Å². The molecule has 0 unspecified atom stereocenters. The first-order valence-electron chi connectivity index (χ1n) is 11.4. The third kappa shape index (κ3) is 7.58. The number of nitrogens with zero attached hydrogens (tertiary/aromatic N) is 1. The number of ether oxygens (including phenoxy) is 1. The van der Waals surface area contributed by atoms with Crippen LogP contribution in [0.3, 0.4) is 0 Å². The van der Waals surface area contributed by atoms with Gasteiger partial charge in [-0.15, -0.1) is 0 Å². The SMILES string of the molecule is O=C(COc1ccc(S(=O)(=O)Nc2ccc(Br)cc2)cc1)NCCCNc1ccnc2cc(Cl)ccc12. The van der Waals surface area contributed by atoms with Crippen molar-refractivity contribution in [3.63, 3.8) is 0 Å². The monoisotopic (exact) mass is 602 g/mol. The molecule has 0 spiro atoms. The van der Waals surface area contributed by atoms with Gasteiger partial charge in [-0.05, 0) is 79.2 Å². The van der Waals surface area contributed by atoms with Crippen LogP contribution in [0.4, 0.5) is 11.4 Å². The number of nitrogens with one attached hydrogen (secondary N) is 3. The third-order valence-electron chi connectivity index (χ3n) is 5.30. The van der Waals surface area contributed by atoms with Crippen LogP contribution in [0, 0.1) is 0 Å². The minimum atomic E-state index is -3.74. The largest absolute Gasteiger partial charge is 0.484 e. The number of hydrogen-bond donors (Lipinski definition) is 3. The molecule has 0 fully saturated rings. The van der Waals surface area contributed by atoms with Gasteiger partial charge < -0.3 is 15.4 Å². The number of fused-ring (bicyclic) bond motifs is 1. The summed E-state index contributed by atoms with van der Waals surface area (Å²) in [6.45, 7) is 0.961. The number of aromatic nitrogens is 1. The minimum Gasteiger partial charge on any atom is -0.484 e. The molecule has 0 aliphatic heterocycles. The van der Waals surface area contributed by atoms with E-state index in [2.05, 4.69) is 36.3 Å². The van der Waals surface area contributed by atoms with Crippen LogP contribution in [0.2, 0.25) is 5.02 Å². The predicted octanol–water partition coefficient (Wildman–Crippen LogP) is 5.45. The van der Waals surface area contributed by atoms with E-state index in [0.717, 1.165) is 21.1 Å². The van der Waals surface area contributed by atoms with E-state index in [4.69, 9.17) is 16.3 Å². The van der Waals surface area contributed by atoms with Gasteiger partial charge in [0.1, 0.15) is 5.75 Å². The van der Waals surface area contributed by atoms with Crippen LogP contribution in [-0.2, 0) is 14.8 Å². The smallest absolute Gasteiger partial charge is 0.261 e. The molecule has 37 heavy (non-hydrogen) atoms. The summed E-state index contributed by atoms with van der Waals surface area (Å²) < 4.78 is 34.0. The van der Waals surface area contributed by atoms with Crippen molar-refractivity contribution in [2.45, 2.75) is 11.3 Å². The maximum atomic E-state index is 12.6. The Balaban J connectivity index is 1.18. The molecule has 11 heteroatoms. The molecule has 0 atom stereocenters. The second-order valence-corrected chi connectivity index (χ2v) is 11.1. The number of anilines is 2. The van der Waals surface area contributed by atoms with Gasteiger partial charge in [-0.1, -0.05) is 27.5 Å². The average Bonchev–Trinajstić information content (AvgIpc) is 2.88. The molecule has 0 saturated carbocycles. The molecular weight excluding hydrogens is 580 g/mol. The van der Waals surface area contributed by atoms with Crippen molar-refractivity contribution >= 4 is 65.7 Å². The molecule has 3 N–H and O–H groups in total. The molecule has 192 valence electrons. The van der Waals surface area contributed by atoms with Gasteiger partial charge in [0.25, 0.3) is 15.9 Å². The Morgan fingerprint density at radius 2 is 1.73 bits per heavy atom. The zero-order valence-electron chi connectivity index (χ0n) is 19.6. The third-order valence-corrected chi connectivity index (χ3v) is 7.46. The molecule has 1 aromatic heterocycles. The summed E-state index contributed by atoms with van der Waals surface area (Å²) in [5, 5.41) is 7.77. The van der Waals surface area contributed by atoms with Gasteiger partial charge in [0.2, 0.25) is 0 Å². The van der Waals surface area contributed by atoms with E-state index in [-0.39, 0.29) is 17.4 Å². The number of rotatable bonds is 11. The number of pyridine rings is 1. The quantitative estimate of drug-likeness (QED) is 0.197. The molecule has 3 aromatic carbocycles. The van der Waals surface area contributed by atoms with E-state index in [0.29, 0.717) is 36.0 Å². The van der Waals surface area contributed by atoms with Crippen molar-refractivity contribution in [2.24, 2.45) is 0 Å². The summed E-state index contributed by atoms with van der Waals surface area (Å²) in [4.78, 5) is 16.5. The minimum absolute atomic E-state index is 0.0878. The van der Waals surface area contributed by atoms with E-state index in [1.807, 2.05) is 24.3 Å². The topological polar surface area (TPSA) is 109 Å². The molecule has 1 amide bonds. The second-order valence-electron chi connectivity index (χ2n) is 8.02. The summed E-state index contributed by atoms with van der Waals surface area (Å²) in [7, 11) is -3.74. The highest BCUT2D eigenvalue weighted by Gasteiger charge is 2.14. The predicted molar refractivity (Wildman–Crippen MR) is 150 cm³/mol. The van der Waals surface area contributed by atoms with E-state index in [9.17, 15) is 13.2 Å². The van der Waals surface area contributed by atoms with Gasteiger partial charge >= 0.3 is 0 Å². The number of carbonyl (C=O) groups excluding carboxylic acids is 1. The summed E-state index contributed by atoms with van der Waals surface area (Å²) in [6, 6.07) is 20.2. The summed E-state index contributed by atoms with van der Waals surface area (Å²) in [5.74, 6) is 0.127. The molecule has 4 aromatic rings. The molecule has 4 rings (SSSR count). The lowest BCUT2D eigenvalue weighted by molar-refractivity contribution is -0.123. The van der Waals surface area contributed by atoms with Gasteiger partial charge in [-0.25, -0.2) is 8.42 Å². The van der Waals surface area contributed by atoms with Crippen LogP contribution in [0.25, 0.3) is 10.9 Å². The molecule has 0 aliphatic rings. The summed E-state index contributed by atoms with van der Waals surface area (Å²) in [6.07, 6.45) is 2.43. The lowest BCUT2D eigenvalue weighted by Crippen LogP contribution is -2.30. The first kappa shape index (κ1) is 26.7. The first-order chi connectivity index (χ1) is 17.8. The fourth-order valence-electron chi connectivity index (χ4n) is 3.46. The van der Waals surface area contributed by atoms with Gasteiger partial charge in [0.15, 0.2) is 6.61 Å². The highest BCUT2D eigenvalue weighted by atomic mass is 79.9. The maximum absolute atomic E-state index is 12.6. The molecule has 1 heterocycles. The van der Waals surface area contributed by atoms with Crippen molar-refractivity contribution in [3.8, 4) is 5.75 Å². The number of sulfonamides is 1. The van der Waals surface area contributed by atoms with Crippen molar-refractivity contribution in [2.75, 3.05) is 29.7 Å². The molecule has 0 saturated heterocycles. The highest BCUT2D eigenvalue weighted by molar-refractivity contribution is 9.10. The standard InChI is InChI=1S/C26H24BrClN4O4S/c27-18-2-5-20(6-3-18)32-37(34,35)22-9-7-21(8-10-22)36-17-26(33)31-14-1-13-29-24-12-15-30-25-16-19(28)4-11-23(24)25/h2-12,15-16,32H,1,13-14,17H2,(H,29,30)(H,31,33). The fourth-order valence-corrected chi connectivity index (χ4v) is 4.95. The zero-order valence-corrected chi connectivity index (χ0v) is 22.7. The Morgan fingerprint density at radius 1 is 0.973 bits per heavy atom. The number of halogens is 2. The van der Waals surface area contributed by atoms with Crippen LogP contribution in [0.15, 0.2) is 88.4 Å². The molecular formula is C26H24BrClN4O4S. The highest BCUT2D eigenvalue weighted by Crippen LogP contribution is 2.24. The Bertz CT molecular complexity index is 1480. The van der Waals surface area contributed by atoms with Crippen molar-refractivity contribution < 1.29 is 17.9 Å². The first-order valence-corrected chi connectivity index (χ1v) is 14.0. The van der Waals surface area contributed by atoms with E-state index in [1.165, 1.54) is 24.3 Å². The summed E-state index contributed by atoms with van der Waals surface area (Å²) in [5.41, 5.74) is 2.22. The molecule has 0 bridgehead atoms. The number of amides is 1. The Kier molecular flexibility index (Phi) is 8.86. The summed E-state index contributed by atoms with van der Waals surface area (Å²) >= 11 is 9.34. The Labute approximate surface area is 228 Å². The number of benzene rings is 3. The van der Waals surface area contributed by atoms with Crippen LogP contribution in [-0.4, -0.2) is 39.0 Å². The van der Waals surface area contributed by atoms with Crippen LogP contribution in [0.5, 0.6) is 5.75 Å². The Hall–Kier alpha value is -3.34. The van der Waals surface area contributed by atoms with Crippen molar-refractivity contribution in [3.05, 3.63) is 88.5 Å². The van der Waals surface area contributed by atoms with Gasteiger partial charge in [0.05, 0.1) is 10.4 Å². The van der Waals surface area contributed by atoms with Crippen LogP contribution < -0.4 is 20.1 Å². The maximum Gasteiger partial charge on any atom is 0.261 e. The lowest BCUT2D eigenvalue weighted by atomic mass is 10.2. The number of hydrogen-bond acceptors (Lipinski definition) is 6. The molecule has 0 aliphatic carbocycles. The Morgan fingerprint density at radius 3 is 2.49 bits per heavy atom. The second kappa shape index (κ2) is 12.3. The van der Waals surface area contributed by atoms with Crippen LogP contribution in [0.1, 0.15) is 6.42 Å².